The van der Waals surface area contributed by atoms with Crippen LogP contribution >= 0.6 is 34.2 Å². The highest BCUT2D eigenvalue weighted by atomic mass is 127. The van der Waals surface area contributed by atoms with Crippen LogP contribution in [0.2, 0.25) is 5.02 Å². The molecule has 0 saturated carbocycles. The van der Waals surface area contributed by atoms with Gasteiger partial charge in [-0.3, -0.25) is 9.59 Å². The SMILES string of the molecule is CN(C)C(=O)C1CCN(C(=O)c2ccc(I)c(Cl)c2)CC1. The summed E-state index contributed by atoms with van der Waals surface area (Å²) in [6, 6.07) is 5.36. The zero-order chi connectivity index (χ0) is 15.6. The van der Waals surface area contributed by atoms with Crippen molar-refractivity contribution >= 4 is 46.0 Å². The van der Waals surface area contributed by atoms with E-state index in [2.05, 4.69) is 22.6 Å². The second kappa shape index (κ2) is 6.96. The molecule has 114 valence electrons. The molecule has 0 aliphatic carbocycles. The molecule has 6 heteroatoms. The molecule has 4 nitrogen and oxygen atoms in total. The third-order valence-corrected chi connectivity index (χ3v) is 5.31. The lowest BCUT2D eigenvalue weighted by atomic mass is 9.95. The lowest BCUT2D eigenvalue weighted by Gasteiger charge is -2.32. The number of halogens is 2. The Hall–Kier alpha value is -0.820. The van der Waals surface area contributed by atoms with Gasteiger partial charge in [-0.2, -0.15) is 0 Å². The summed E-state index contributed by atoms with van der Waals surface area (Å²) in [5.41, 5.74) is 0.609. The lowest BCUT2D eigenvalue weighted by molar-refractivity contribution is -0.134. The molecule has 1 aliphatic rings. The van der Waals surface area contributed by atoms with Crippen LogP contribution in [0.25, 0.3) is 0 Å². The van der Waals surface area contributed by atoms with Crippen molar-refractivity contribution in [2.45, 2.75) is 12.8 Å². The van der Waals surface area contributed by atoms with Crippen LogP contribution in [0.3, 0.4) is 0 Å². The predicted molar refractivity (Wildman–Crippen MR) is 91.5 cm³/mol. The molecule has 1 aromatic carbocycles. The summed E-state index contributed by atoms with van der Waals surface area (Å²) in [7, 11) is 3.54. The fourth-order valence-corrected chi connectivity index (χ4v) is 3.02. The number of hydrogen-bond donors (Lipinski definition) is 0. The molecule has 0 atom stereocenters. The average Bonchev–Trinajstić information content (AvgIpc) is 2.48. The summed E-state index contributed by atoms with van der Waals surface area (Å²) in [6.45, 7) is 1.24. The van der Waals surface area contributed by atoms with Crippen LogP contribution in [0.4, 0.5) is 0 Å². The second-order valence-corrected chi connectivity index (χ2v) is 7.00. The quantitative estimate of drug-likeness (QED) is 0.690. The minimum absolute atomic E-state index is 0.0101. The Kier molecular flexibility index (Phi) is 5.48. The van der Waals surface area contributed by atoms with Gasteiger partial charge in [0.2, 0.25) is 5.91 Å². The molecule has 0 spiro atoms. The van der Waals surface area contributed by atoms with E-state index in [1.54, 1.807) is 36.0 Å². The summed E-state index contributed by atoms with van der Waals surface area (Å²) in [4.78, 5) is 27.8. The molecular weight excluding hydrogens is 403 g/mol. The number of benzene rings is 1. The van der Waals surface area contributed by atoms with Crippen LogP contribution in [0.1, 0.15) is 23.2 Å². The zero-order valence-electron chi connectivity index (χ0n) is 12.1. The molecule has 1 aliphatic heterocycles. The molecule has 0 aromatic heterocycles. The van der Waals surface area contributed by atoms with Gasteiger partial charge in [0.25, 0.3) is 5.91 Å². The molecule has 1 heterocycles. The monoisotopic (exact) mass is 420 g/mol. The average molecular weight is 421 g/mol. The summed E-state index contributed by atoms with van der Waals surface area (Å²) in [5, 5.41) is 0.596. The Morgan fingerprint density at radius 2 is 1.90 bits per heavy atom. The lowest BCUT2D eigenvalue weighted by Crippen LogP contribution is -2.42. The van der Waals surface area contributed by atoms with Crippen molar-refractivity contribution in [3.8, 4) is 0 Å². The van der Waals surface area contributed by atoms with Gasteiger partial charge in [-0.15, -0.1) is 0 Å². The van der Waals surface area contributed by atoms with E-state index in [-0.39, 0.29) is 17.7 Å². The van der Waals surface area contributed by atoms with E-state index >= 15 is 0 Å². The third kappa shape index (κ3) is 3.88. The Morgan fingerprint density at radius 1 is 1.29 bits per heavy atom. The van der Waals surface area contributed by atoms with Crippen LogP contribution in [0.15, 0.2) is 18.2 Å². The van der Waals surface area contributed by atoms with Gasteiger partial charge >= 0.3 is 0 Å². The van der Waals surface area contributed by atoms with Crippen molar-refractivity contribution in [2.24, 2.45) is 5.92 Å². The number of hydrogen-bond acceptors (Lipinski definition) is 2. The summed E-state index contributed by atoms with van der Waals surface area (Å²) in [6.07, 6.45) is 1.45. The van der Waals surface area contributed by atoms with Gasteiger partial charge in [0, 0.05) is 42.2 Å². The number of nitrogens with zero attached hydrogens (tertiary/aromatic N) is 2. The molecule has 1 aromatic rings. The van der Waals surface area contributed by atoms with Crippen molar-refractivity contribution < 1.29 is 9.59 Å². The van der Waals surface area contributed by atoms with Gasteiger partial charge < -0.3 is 9.80 Å². The van der Waals surface area contributed by atoms with Gasteiger partial charge in [0.1, 0.15) is 0 Å². The molecule has 2 amide bonds. The summed E-state index contributed by atoms with van der Waals surface area (Å²) in [5.74, 6) is 0.174. The fourth-order valence-electron chi connectivity index (χ4n) is 2.51. The van der Waals surface area contributed by atoms with E-state index < -0.39 is 0 Å². The van der Waals surface area contributed by atoms with Crippen LogP contribution in [0.5, 0.6) is 0 Å². The minimum atomic E-state index is -0.0101. The molecule has 1 saturated heterocycles. The van der Waals surface area contributed by atoms with Crippen LogP contribution in [-0.4, -0.2) is 48.8 Å². The third-order valence-electron chi connectivity index (χ3n) is 3.74. The maximum absolute atomic E-state index is 12.4. The maximum atomic E-state index is 12.4. The summed E-state index contributed by atoms with van der Waals surface area (Å²) >= 11 is 8.20. The summed E-state index contributed by atoms with van der Waals surface area (Å²) < 4.78 is 0.932. The predicted octanol–water partition coefficient (Wildman–Crippen LogP) is 2.89. The van der Waals surface area contributed by atoms with E-state index in [1.165, 1.54) is 0 Å². The normalized spacial score (nSPS) is 15.9. The van der Waals surface area contributed by atoms with Crippen LogP contribution in [0, 0.1) is 9.49 Å². The largest absolute Gasteiger partial charge is 0.349 e. The number of piperidine rings is 1. The molecule has 0 radical (unpaired) electrons. The van der Waals surface area contributed by atoms with Crippen molar-refractivity contribution in [1.82, 2.24) is 9.80 Å². The maximum Gasteiger partial charge on any atom is 0.253 e. The Labute approximate surface area is 143 Å². The first-order valence-electron chi connectivity index (χ1n) is 6.85. The fraction of sp³-hybridized carbons (Fsp3) is 0.467. The highest BCUT2D eigenvalue weighted by Gasteiger charge is 2.28. The second-order valence-electron chi connectivity index (χ2n) is 5.43. The number of amides is 2. The topological polar surface area (TPSA) is 40.6 Å². The first kappa shape index (κ1) is 16.5. The van der Waals surface area contributed by atoms with E-state index in [9.17, 15) is 9.59 Å². The van der Waals surface area contributed by atoms with Crippen molar-refractivity contribution in [3.05, 3.63) is 32.4 Å². The molecule has 0 bridgehead atoms. The van der Waals surface area contributed by atoms with Crippen LogP contribution in [-0.2, 0) is 4.79 Å². The number of likely N-dealkylation sites (tertiary alicyclic amines) is 1. The first-order valence-corrected chi connectivity index (χ1v) is 8.31. The molecule has 0 unspecified atom stereocenters. The Balaban J connectivity index is 2.00. The Morgan fingerprint density at radius 3 is 2.43 bits per heavy atom. The zero-order valence-corrected chi connectivity index (χ0v) is 15.0. The van der Waals surface area contributed by atoms with Crippen molar-refractivity contribution in [3.63, 3.8) is 0 Å². The smallest absolute Gasteiger partial charge is 0.253 e. The first-order chi connectivity index (χ1) is 9.90. The van der Waals surface area contributed by atoms with Crippen molar-refractivity contribution in [1.29, 1.82) is 0 Å². The van der Waals surface area contributed by atoms with E-state index in [1.807, 2.05) is 6.07 Å². The number of carbonyl (C=O) groups excluding carboxylic acids is 2. The highest BCUT2D eigenvalue weighted by molar-refractivity contribution is 14.1. The Bertz CT molecular complexity index is 555. The highest BCUT2D eigenvalue weighted by Crippen LogP contribution is 2.23. The van der Waals surface area contributed by atoms with E-state index in [4.69, 9.17) is 11.6 Å². The molecule has 21 heavy (non-hydrogen) atoms. The van der Waals surface area contributed by atoms with Gasteiger partial charge in [-0.25, -0.2) is 0 Å². The van der Waals surface area contributed by atoms with Gasteiger partial charge in [0.15, 0.2) is 0 Å². The minimum Gasteiger partial charge on any atom is -0.349 e. The van der Waals surface area contributed by atoms with Gasteiger partial charge in [-0.1, -0.05) is 11.6 Å². The molecule has 0 N–H and O–H groups in total. The molecule has 2 rings (SSSR count). The van der Waals surface area contributed by atoms with E-state index in [0.29, 0.717) is 23.7 Å². The number of rotatable bonds is 2. The molecule has 1 fully saturated rings. The standard InChI is InChI=1S/C15H18ClIN2O2/c1-18(2)14(20)10-5-7-19(8-6-10)15(21)11-3-4-13(17)12(16)9-11/h3-4,9-10H,5-8H2,1-2H3. The molecular formula is C15H18ClIN2O2. The van der Waals surface area contributed by atoms with Crippen molar-refractivity contribution in [2.75, 3.05) is 27.2 Å². The van der Waals surface area contributed by atoms with Gasteiger partial charge in [-0.05, 0) is 53.6 Å². The van der Waals surface area contributed by atoms with Gasteiger partial charge in [0.05, 0.1) is 5.02 Å². The van der Waals surface area contributed by atoms with E-state index in [0.717, 1.165) is 16.4 Å². The number of carbonyl (C=O) groups is 2. The van der Waals surface area contributed by atoms with Crippen LogP contribution < -0.4 is 0 Å².